The Labute approximate surface area is 175 Å². The number of benzene rings is 1. The first kappa shape index (κ1) is 20.2. The van der Waals surface area contributed by atoms with E-state index in [9.17, 15) is 18.0 Å². The minimum atomic E-state index is -4.51. The van der Waals surface area contributed by atoms with Crippen LogP contribution in [0.2, 0.25) is 0 Å². The van der Waals surface area contributed by atoms with Gasteiger partial charge in [-0.15, -0.1) is 0 Å². The zero-order valence-electron chi connectivity index (χ0n) is 16.2. The highest BCUT2D eigenvalue weighted by Gasteiger charge is 2.32. The number of halogens is 3. The summed E-state index contributed by atoms with van der Waals surface area (Å²) in [5.41, 5.74) is 3.21. The minimum Gasteiger partial charge on any atom is -0.321 e. The van der Waals surface area contributed by atoms with Gasteiger partial charge in [-0.3, -0.25) is 14.8 Å². The number of pyridine rings is 2. The third kappa shape index (κ3) is 4.00. The molecule has 1 amide bonds. The van der Waals surface area contributed by atoms with Crippen LogP contribution in [0.15, 0.2) is 53.8 Å². The predicted octanol–water partition coefficient (Wildman–Crippen LogP) is 4.28. The molecule has 0 aliphatic carbocycles. The normalized spacial score (nSPS) is 12.7. The summed E-state index contributed by atoms with van der Waals surface area (Å²) < 4.78 is 38.3. The van der Waals surface area contributed by atoms with Gasteiger partial charge in [-0.1, -0.05) is 6.07 Å². The first-order valence-electron chi connectivity index (χ1n) is 9.16. The van der Waals surface area contributed by atoms with E-state index in [1.807, 2.05) is 6.07 Å². The van der Waals surface area contributed by atoms with Crippen molar-refractivity contribution in [2.45, 2.75) is 19.6 Å². The third-order valence-corrected chi connectivity index (χ3v) is 4.78. The van der Waals surface area contributed by atoms with Gasteiger partial charge in [0.1, 0.15) is 17.5 Å². The lowest BCUT2D eigenvalue weighted by Crippen LogP contribution is -2.16. The molecule has 0 unspecified atom stereocenters. The predicted molar refractivity (Wildman–Crippen MR) is 107 cm³/mol. The fraction of sp³-hybridized carbons (Fsp3) is 0.136. The van der Waals surface area contributed by atoms with Gasteiger partial charge in [0.25, 0.3) is 5.91 Å². The van der Waals surface area contributed by atoms with E-state index in [1.54, 1.807) is 31.2 Å². The Bertz CT molecular complexity index is 1260. The number of nitrogens with zero attached hydrogens (tertiary/aromatic N) is 4. The van der Waals surface area contributed by atoms with E-state index in [2.05, 4.69) is 20.3 Å². The van der Waals surface area contributed by atoms with Crippen molar-refractivity contribution >= 4 is 17.3 Å². The average Bonchev–Trinajstić information content (AvgIpc) is 3.16. The van der Waals surface area contributed by atoms with Gasteiger partial charge < -0.3 is 5.32 Å². The van der Waals surface area contributed by atoms with Crippen LogP contribution in [0.5, 0.6) is 0 Å². The molecule has 6 nitrogen and oxygen atoms in total. The van der Waals surface area contributed by atoms with Gasteiger partial charge in [-0.2, -0.15) is 18.4 Å². The Morgan fingerprint density at radius 2 is 1.94 bits per heavy atom. The molecule has 2 aromatic heterocycles. The van der Waals surface area contributed by atoms with E-state index < -0.39 is 17.8 Å². The number of nitriles is 1. The number of amides is 1. The number of anilines is 1. The molecule has 0 saturated heterocycles. The Morgan fingerprint density at radius 1 is 1.13 bits per heavy atom. The summed E-state index contributed by atoms with van der Waals surface area (Å²) in [5, 5.41) is 11.7. The van der Waals surface area contributed by atoms with Crippen LogP contribution in [-0.2, 0) is 12.7 Å². The highest BCUT2D eigenvalue weighted by atomic mass is 19.4. The van der Waals surface area contributed by atoms with Crippen LogP contribution in [0.3, 0.4) is 0 Å². The van der Waals surface area contributed by atoms with E-state index in [-0.39, 0.29) is 5.69 Å². The number of fused-ring (bicyclic) bond motifs is 1. The summed E-state index contributed by atoms with van der Waals surface area (Å²) in [6.07, 6.45) is -2.04. The van der Waals surface area contributed by atoms with Gasteiger partial charge in [0.15, 0.2) is 0 Å². The van der Waals surface area contributed by atoms with Crippen molar-refractivity contribution in [2.75, 3.05) is 5.32 Å². The Morgan fingerprint density at radius 3 is 2.58 bits per heavy atom. The minimum absolute atomic E-state index is 0.195. The third-order valence-electron chi connectivity index (χ3n) is 4.78. The number of aromatic nitrogens is 2. The van der Waals surface area contributed by atoms with Crippen molar-refractivity contribution in [1.29, 1.82) is 5.26 Å². The van der Waals surface area contributed by atoms with Crippen molar-refractivity contribution < 1.29 is 18.0 Å². The van der Waals surface area contributed by atoms with Crippen LogP contribution in [0.25, 0.3) is 0 Å². The van der Waals surface area contributed by atoms with Gasteiger partial charge in [-0.05, 0) is 48.4 Å². The van der Waals surface area contributed by atoms with Gasteiger partial charge in [0.05, 0.1) is 17.8 Å². The average molecular weight is 421 g/mol. The lowest BCUT2D eigenvalue weighted by molar-refractivity contribution is -0.141. The topological polar surface area (TPSA) is 91.0 Å². The molecular weight excluding hydrogens is 407 g/mol. The molecule has 31 heavy (non-hydrogen) atoms. The van der Waals surface area contributed by atoms with Gasteiger partial charge in [0.2, 0.25) is 0 Å². The van der Waals surface area contributed by atoms with Crippen LogP contribution in [0.4, 0.5) is 18.9 Å². The summed E-state index contributed by atoms with van der Waals surface area (Å²) >= 11 is 0. The molecule has 0 spiro atoms. The molecule has 4 rings (SSSR count). The van der Waals surface area contributed by atoms with Crippen molar-refractivity contribution in [2.24, 2.45) is 4.99 Å². The molecule has 0 radical (unpaired) electrons. The van der Waals surface area contributed by atoms with E-state index >= 15 is 0 Å². The Balaban J connectivity index is 1.59. The van der Waals surface area contributed by atoms with Crippen LogP contribution < -0.4 is 5.32 Å². The molecule has 1 aromatic carbocycles. The summed E-state index contributed by atoms with van der Waals surface area (Å²) in [6, 6.07) is 11.0. The number of hydrogen-bond donors (Lipinski definition) is 1. The molecule has 3 heterocycles. The number of alkyl halides is 3. The summed E-state index contributed by atoms with van der Waals surface area (Å²) in [4.78, 5) is 24.6. The molecule has 0 atom stereocenters. The molecule has 1 aliphatic rings. The smallest absolute Gasteiger partial charge is 0.321 e. The van der Waals surface area contributed by atoms with Crippen molar-refractivity contribution in [3.8, 4) is 6.07 Å². The highest BCUT2D eigenvalue weighted by Crippen LogP contribution is 2.29. The lowest BCUT2D eigenvalue weighted by atomic mass is 10.0. The van der Waals surface area contributed by atoms with Gasteiger partial charge >= 0.3 is 6.18 Å². The van der Waals surface area contributed by atoms with Crippen molar-refractivity contribution in [1.82, 2.24) is 9.97 Å². The SMILES string of the molecule is Cc1cc(C#N)cnc1C(=O)Nc1ccc2c(c1)C(c1ccc(C(F)(F)F)nc1)=NC2. The molecule has 9 heteroatoms. The number of aryl methyl sites for hydroxylation is 1. The molecule has 3 aromatic rings. The van der Waals surface area contributed by atoms with Crippen LogP contribution in [-0.4, -0.2) is 21.6 Å². The number of rotatable bonds is 3. The first-order chi connectivity index (χ1) is 14.8. The van der Waals surface area contributed by atoms with Crippen LogP contribution in [0.1, 0.15) is 44.0 Å². The number of nitrogens with one attached hydrogen (secondary N) is 1. The fourth-order valence-corrected chi connectivity index (χ4v) is 3.27. The van der Waals surface area contributed by atoms with E-state index in [1.165, 1.54) is 12.3 Å². The molecule has 1 aliphatic heterocycles. The maximum Gasteiger partial charge on any atom is 0.433 e. The second kappa shape index (κ2) is 7.65. The van der Waals surface area contributed by atoms with E-state index in [0.717, 1.165) is 17.8 Å². The standard InChI is InChI=1S/C22H14F3N5O/c1-12-6-13(8-26)9-28-19(12)21(31)30-16-4-2-14-10-29-20(17(14)7-16)15-3-5-18(27-11-15)22(23,24)25/h2-7,9,11H,10H2,1H3,(H,30,31). The monoisotopic (exact) mass is 421 g/mol. The molecular formula is C22H14F3N5O. The van der Waals surface area contributed by atoms with E-state index in [4.69, 9.17) is 5.26 Å². The summed E-state index contributed by atoms with van der Waals surface area (Å²) in [5.74, 6) is -0.436. The molecule has 0 fully saturated rings. The van der Waals surface area contributed by atoms with Crippen LogP contribution in [0, 0.1) is 18.3 Å². The molecule has 0 saturated carbocycles. The van der Waals surface area contributed by atoms with Gasteiger partial charge in [0, 0.05) is 29.2 Å². The summed E-state index contributed by atoms with van der Waals surface area (Å²) in [6.45, 7) is 2.07. The molecule has 154 valence electrons. The van der Waals surface area contributed by atoms with Crippen molar-refractivity contribution in [3.05, 3.63) is 88.0 Å². The molecule has 0 bridgehead atoms. The quantitative estimate of drug-likeness (QED) is 0.683. The zero-order chi connectivity index (χ0) is 22.2. The summed E-state index contributed by atoms with van der Waals surface area (Å²) in [7, 11) is 0. The lowest BCUT2D eigenvalue weighted by Gasteiger charge is -2.10. The maximum absolute atomic E-state index is 12.8. The zero-order valence-corrected chi connectivity index (χ0v) is 16.2. The fourth-order valence-electron chi connectivity index (χ4n) is 3.27. The maximum atomic E-state index is 12.8. The van der Waals surface area contributed by atoms with Crippen molar-refractivity contribution in [3.63, 3.8) is 0 Å². The number of hydrogen-bond acceptors (Lipinski definition) is 5. The number of carbonyl (C=O) groups is 1. The van der Waals surface area contributed by atoms with E-state index in [0.29, 0.717) is 40.2 Å². The highest BCUT2D eigenvalue weighted by molar-refractivity contribution is 6.15. The largest absolute Gasteiger partial charge is 0.433 e. The second-order valence-electron chi connectivity index (χ2n) is 6.92. The second-order valence-corrected chi connectivity index (χ2v) is 6.92. The Hall–Kier alpha value is -4.06. The number of aliphatic imine (C=N–C) groups is 1. The Kier molecular flexibility index (Phi) is 4.99. The van der Waals surface area contributed by atoms with Crippen LogP contribution >= 0.6 is 0 Å². The number of carbonyl (C=O) groups excluding carboxylic acids is 1. The first-order valence-corrected chi connectivity index (χ1v) is 9.16. The molecule has 1 N–H and O–H groups in total. The van der Waals surface area contributed by atoms with Gasteiger partial charge in [-0.25, -0.2) is 4.98 Å².